The van der Waals surface area contributed by atoms with Crippen molar-refractivity contribution in [1.29, 1.82) is 0 Å². The number of halogens is 1. The molecule has 0 aliphatic carbocycles. The van der Waals surface area contributed by atoms with Crippen molar-refractivity contribution in [1.82, 2.24) is 5.32 Å². The van der Waals surface area contributed by atoms with E-state index in [0.29, 0.717) is 0 Å². The van der Waals surface area contributed by atoms with Crippen molar-refractivity contribution in [2.75, 3.05) is 13.7 Å². The van der Waals surface area contributed by atoms with E-state index in [2.05, 4.69) is 58.5 Å². The zero-order valence-electron chi connectivity index (χ0n) is 11.9. The third kappa shape index (κ3) is 3.84. The fourth-order valence-electron chi connectivity index (χ4n) is 2.30. The Bertz CT molecular complexity index is 542. The van der Waals surface area contributed by atoms with Crippen LogP contribution in [0.15, 0.2) is 53.0 Å². The van der Waals surface area contributed by atoms with Crippen molar-refractivity contribution in [2.45, 2.75) is 19.4 Å². The lowest BCUT2D eigenvalue weighted by Gasteiger charge is -2.20. The van der Waals surface area contributed by atoms with Gasteiger partial charge in [0.1, 0.15) is 5.75 Å². The molecule has 0 bridgehead atoms. The van der Waals surface area contributed by atoms with E-state index in [1.807, 2.05) is 18.2 Å². The van der Waals surface area contributed by atoms with Crippen LogP contribution in [0.5, 0.6) is 5.75 Å². The Balaban J connectivity index is 2.28. The van der Waals surface area contributed by atoms with Crippen LogP contribution in [0.3, 0.4) is 0 Å². The topological polar surface area (TPSA) is 21.3 Å². The van der Waals surface area contributed by atoms with Gasteiger partial charge in [0.25, 0.3) is 0 Å². The van der Waals surface area contributed by atoms with E-state index < -0.39 is 0 Å². The van der Waals surface area contributed by atoms with Crippen LogP contribution in [0.4, 0.5) is 0 Å². The first-order chi connectivity index (χ1) is 9.74. The molecule has 0 amide bonds. The molecule has 2 rings (SSSR count). The number of likely N-dealkylation sites (N-methyl/N-ethyl adjacent to an activating group) is 1. The van der Waals surface area contributed by atoms with E-state index in [1.54, 1.807) is 7.11 Å². The third-order valence-electron chi connectivity index (χ3n) is 3.31. The molecule has 106 valence electrons. The van der Waals surface area contributed by atoms with Gasteiger partial charge in [0.05, 0.1) is 7.11 Å². The van der Waals surface area contributed by atoms with E-state index in [4.69, 9.17) is 4.74 Å². The van der Waals surface area contributed by atoms with Crippen molar-refractivity contribution >= 4 is 15.9 Å². The second-order valence-electron chi connectivity index (χ2n) is 4.69. The maximum absolute atomic E-state index is 5.34. The summed E-state index contributed by atoms with van der Waals surface area (Å²) < 4.78 is 6.45. The van der Waals surface area contributed by atoms with Crippen LogP contribution in [-0.2, 0) is 6.42 Å². The highest BCUT2D eigenvalue weighted by molar-refractivity contribution is 9.10. The van der Waals surface area contributed by atoms with Crippen LogP contribution in [0, 0.1) is 0 Å². The zero-order valence-corrected chi connectivity index (χ0v) is 13.5. The molecular weight excluding hydrogens is 314 g/mol. The normalized spacial score (nSPS) is 12.2. The molecule has 2 aromatic carbocycles. The first-order valence-corrected chi connectivity index (χ1v) is 7.64. The summed E-state index contributed by atoms with van der Waals surface area (Å²) >= 11 is 3.65. The van der Waals surface area contributed by atoms with Gasteiger partial charge in [0, 0.05) is 10.5 Å². The molecule has 0 saturated heterocycles. The summed E-state index contributed by atoms with van der Waals surface area (Å²) in [5.74, 6) is 0.888. The monoisotopic (exact) mass is 333 g/mol. The summed E-state index contributed by atoms with van der Waals surface area (Å²) in [4.78, 5) is 0. The molecule has 2 nitrogen and oxygen atoms in total. The Hall–Kier alpha value is -1.32. The molecule has 3 heteroatoms. The fraction of sp³-hybridized carbons (Fsp3) is 0.294. The summed E-state index contributed by atoms with van der Waals surface area (Å²) in [6.45, 7) is 3.06. The maximum atomic E-state index is 5.34. The Morgan fingerprint density at radius 2 is 1.90 bits per heavy atom. The van der Waals surface area contributed by atoms with Crippen LogP contribution >= 0.6 is 15.9 Å². The van der Waals surface area contributed by atoms with Crippen molar-refractivity contribution in [3.63, 3.8) is 0 Å². The van der Waals surface area contributed by atoms with Crippen molar-refractivity contribution < 1.29 is 4.74 Å². The molecule has 0 fully saturated rings. The lowest BCUT2D eigenvalue weighted by atomic mass is 9.98. The van der Waals surface area contributed by atoms with Gasteiger partial charge < -0.3 is 10.1 Å². The molecular formula is C17H20BrNO. The lowest BCUT2D eigenvalue weighted by Crippen LogP contribution is -2.23. The average molecular weight is 334 g/mol. The van der Waals surface area contributed by atoms with E-state index in [1.165, 1.54) is 11.1 Å². The average Bonchev–Trinajstić information content (AvgIpc) is 2.48. The van der Waals surface area contributed by atoms with E-state index in [9.17, 15) is 0 Å². The minimum atomic E-state index is 0.270. The Labute approximate surface area is 129 Å². The van der Waals surface area contributed by atoms with Crippen LogP contribution in [0.2, 0.25) is 0 Å². The number of nitrogens with one attached hydrogen (secondary N) is 1. The molecule has 20 heavy (non-hydrogen) atoms. The van der Waals surface area contributed by atoms with Gasteiger partial charge in [0.2, 0.25) is 0 Å². The van der Waals surface area contributed by atoms with E-state index in [-0.39, 0.29) is 6.04 Å². The Kier molecular flexibility index (Phi) is 5.62. The Morgan fingerprint density at radius 1 is 1.15 bits per heavy atom. The SMILES string of the molecule is CCNC(Cc1ccccc1)c1cc(OC)ccc1Br. The molecule has 0 aliphatic heterocycles. The van der Waals surface area contributed by atoms with Crippen LogP contribution in [0.1, 0.15) is 24.1 Å². The van der Waals surface area contributed by atoms with Crippen molar-refractivity contribution in [3.8, 4) is 5.75 Å². The number of benzene rings is 2. The highest BCUT2D eigenvalue weighted by Crippen LogP contribution is 2.29. The molecule has 0 radical (unpaired) electrons. The third-order valence-corrected chi connectivity index (χ3v) is 4.03. The predicted molar refractivity (Wildman–Crippen MR) is 87.3 cm³/mol. The van der Waals surface area contributed by atoms with E-state index in [0.717, 1.165) is 23.2 Å². The quantitative estimate of drug-likeness (QED) is 0.848. The molecule has 1 N–H and O–H groups in total. The van der Waals surface area contributed by atoms with Crippen LogP contribution in [0.25, 0.3) is 0 Å². The number of hydrogen-bond acceptors (Lipinski definition) is 2. The van der Waals surface area contributed by atoms with Gasteiger partial charge in [-0.3, -0.25) is 0 Å². The molecule has 1 unspecified atom stereocenters. The van der Waals surface area contributed by atoms with Gasteiger partial charge in [-0.15, -0.1) is 0 Å². The zero-order chi connectivity index (χ0) is 14.4. The summed E-state index contributed by atoms with van der Waals surface area (Å²) in [5, 5.41) is 3.55. The van der Waals surface area contributed by atoms with Crippen molar-refractivity contribution in [2.24, 2.45) is 0 Å². The van der Waals surface area contributed by atoms with Crippen LogP contribution < -0.4 is 10.1 Å². The number of ether oxygens (including phenoxy) is 1. The summed E-state index contributed by atoms with van der Waals surface area (Å²) in [6, 6.07) is 16.9. The fourth-order valence-corrected chi connectivity index (χ4v) is 2.83. The lowest BCUT2D eigenvalue weighted by molar-refractivity contribution is 0.412. The highest BCUT2D eigenvalue weighted by Gasteiger charge is 2.15. The van der Waals surface area contributed by atoms with Gasteiger partial charge in [0.15, 0.2) is 0 Å². The van der Waals surface area contributed by atoms with Gasteiger partial charge in [-0.2, -0.15) is 0 Å². The minimum Gasteiger partial charge on any atom is -0.497 e. The van der Waals surface area contributed by atoms with Gasteiger partial charge in [-0.05, 0) is 42.3 Å². The molecule has 0 spiro atoms. The Morgan fingerprint density at radius 3 is 2.55 bits per heavy atom. The van der Waals surface area contributed by atoms with E-state index >= 15 is 0 Å². The number of hydrogen-bond donors (Lipinski definition) is 1. The second kappa shape index (κ2) is 7.46. The number of methoxy groups -OCH3 is 1. The molecule has 0 aromatic heterocycles. The van der Waals surface area contributed by atoms with Gasteiger partial charge >= 0.3 is 0 Å². The molecule has 2 aromatic rings. The van der Waals surface area contributed by atoms with Gasteiger partial charge in [-0.25, -0.2) is 0 Å². The molecule has 1 atom stereocenters. The summed E-state index contributed by atoms with van der Waals surface area (Å²) in [5.41, 5.74) is 2.56. The second-order valence-corrected chi connectivity index (χ2v) is 5.54. The minimum absolute atomic E-state index is 0.270. The first-order valence-electron chi connectivity index (χ1n) is 6.85. The summed E-state index contributed by atoms with van der Waals surface area (Å²) in [7, 11) is 1.70. The highest BCUT2D eigenvalue weighted by atomic mass is 79.9. The molecule has 0 saturated carbocycles. The smallest absolute Gasteiger partial charge is 0.119 e. The first kappa shape index (κ1) is 15.1. The largest absolute Gasteiger partial charge is 0.497 e. The predicted octanol–water partition coefficient (Wildman–Crippen LogP) is 4.35. The van der Waals surface area contributed by atoms with Crippen LogP contribution in [-0.4, -0.2) is 13.7 Å². The maximum Gasteiger partial charge on any atom is 0.119 e. The van der Waals surface area contributed by atoms with Crippen molar-refractivity contribution in [3.05, 3.63) is 64.1 Å². The summed E-state index contributed by atoms with van der Waals surface area (Å²) in [6.07, 6.45) is 0.959. The number of rotatable bonds is 6. The van der Waals surface area contributed by atoms with Gasteiger partial charge in [-0.1, -0.05) is 53.2 Å². The molecule has 0 aliphatic rings. The molecule has 0 heterocycles. The standard InChI is InChI=1S/C17H20BrNO/c1-3-19-17(11-13-7-5-4-6-8-13)15-12-14(20-2)9-10-16(15)18/h4-10,12,17,19H,3,11H2,1-2H3.